The van der Waals surface area contributed by atoms with Crippen molar-refractivity contribution in [3.05, 3.63) is 23.7 Å². The maximum atomic E-state index is 12.0. The van der Waals surface area contributed by atoms with Crippen LogP contribution >= 0.6 is 0 Å². The van der Waals surface area contributed by atoms with E-state index in [1.54, 1.807) is 35.4 Å². The Hall–Kier alpha value is -1.78. The second kappa shape index (κ2) is 3.42. The van der Waals surface area contributed by atoms with Crippen molar-refractivity contribution in [3.63, 3.8) is 0 Å². The summed E-state index contributed by atoms with van der Waals surface area (Å²) in [5, 5.41) is 5.64. The van der Waals surface area contributed by atoms with Crippen LogP contribution in [0.25, 0.3) is 0 Å². The molecule has 1 aromatic rings. The summed E-state index contributed by atoms with van der Waals surface area (Å²) in [7, 11) is 3.57. The standard InChI is InChI=1S/C10H13N3O2/c1-7-4-5-8(15-7)9(14)10-12(2)6-11-13(10)3/h4-6,10H,1-3H3. The summed E-state index contributed by atoms with van der Waals surface area (Å²) in [5.41, 5.74) is 0. The Kier molecular flexibility index (Phi) is 2.22. The van der Waals surface area contributed by atoms with Crippen LogP contribution in [0.2, 0.25) is 0 Å². The van der Waals surface area contributed by atoms with Crippen LogP contribution in [0.5, 0.6) is 0 Å². The molecule has 1 aliphatic rings. The number of Topliss-reactive ketones (excluding diaryl/α,β-unsaturated/α-hetero) is 1. The molecule has 0 aliphatic carbocycles. The number of carbonyl (C=O) groups is 1. The lowest BCUT2D eigenvalue weighted by Gasteiger charge is -2.22. The first kappa shape index (κ1) is 9.76. The van der Waals surface area contributed by atoms with E-state index in [1.165, 1.54) is 0 Å². The third-order valence-corrected chi connectivity index (χ3v) is 2.37. The van der Waals surface area contributed by atoms with Gasteiger partial charge in [0, 0.05) is 14.1 Å². The zero-order valence-corrected chi connectivity index (χ0v) is 8.97. The van der Waals surface area contributed by atoms with E-state index in [1.807, 2.05) is 14.0 Å². The Balaban J connectivity index is 2.22. The number of likely N-dealkylation sites (N-methyl/N-ethyl adjacent to an activating group) is 2. The lowest BCUT2D eigenvalue weighted by Crippen LogP contribution is -2.42. The predicted molar refractivity (Wildman–Crippen MR) is 55.6 cm³/mol. The molecular weight excluding hydrogens is 194 g/mol. The molecular formula is C10H13N3O2. The van der Waals surface area contributed by atoms with Crippen LogP contribution in [-0.4, -0.2) is 42.3 Å². The van der Waals surface area contributed by atoms with Gasteiger partial charge in [-0.15, -0.1) is 0 Å². The molecule has 0 N–H and O–H groups in total. The van der Waals surface area contributed by atoms with E-state index in [4.69, 9.17) is 4.42 Å². The van der Waals surface area contributed by atoms with Crippen LogP contribution < -0.4 is 0 Å². The second-order valence-electron chi connectivity index (χ2n) is 3.62. The van der Waals surface area contributed by atoms with Crippen molar-refractivity contribution in [2.24, 2.45) is 5.10 Å². The van der Waals surface area contributed by atoms with Gasteiger partial charge in [0.15, 0.2) is 11.9 Å². The summed E-state index contributed by atoms with van der Waals surface area (Å²) < 4.78 is 5.30. The molecule has 0 amide bonds. The fourth-order valence-electron chi connectivity index (χ4n) is 1.60. The van der Waals surface area contributed by atoms with Crippen molar-refractivity contribution in [2.75, 3.05) is 14.1 Å². The molecule has 0 aromatic carbocycles. The first-order valence-corrected chi connectivity index (χ1v) is 4.69. The van der Waals surface area contributed by atoms with Gasteiger partial charge in [0.25, 0.3) is 0 Å². The first-order valence-electron chi connectivity index (χ1n) is 4.69. The molecule has 2 heterocycles. The van der Waals surface area contributed by atoms with E-state index < -0.39 is 6.17 Å². The lowest BCUT2D eigenvalue weighted by molar-refractivity contribution is 0.0730. The molecule has 5 nitrogen and oxygen atoms in total. The van der Waals surface area contributed by atoms with Gasteiger partial charge >= 0.3 is 0 Å². The Morgan fingerprint density at radius 1 is 1.47 bits per heavy atom. The van der Waals surface area contributed by atoms with Gasteiger partial charge < -0.3 is 9.32 Å². The minimum absolute atomic E-state index is 0.0781. The fourth-order valence-corrected chi connectivity index (χ4v) is 1.60. The van der Waals surface area contributed by atoms with Crippen LogP contribution in [0, 0.1) is 6.92 Å². The molecule has 80 valence electrons. The van der Waals surface area contributed by atoms with Crippen LogP contribution in [0.4, 0.5) is 0 Å². The molecule has 1 aliphatic heterocycles. The maximum Gasteiger partial charge on any atom is 0.242 e. The van der Waals surface area contributed by atoms with Crippen LogP contribution in [0.1, 0.15) is 16.3 Å². The normalized spacial score (nSPS) is 20.1. The molecule has 0 radical (unpaired) electrons. The summed E-state index contributed by atoms with van der Waals surface area (Å²) >= 11 is 0. The number of nitrogens with zero attached hydrogens (tertiary/aromatic N) is 3. The molecule has 1 atom stereocenters. The third-order valence-electron chi connectivity index (χ3n) is 2.37. The number of carbonyl (C=O) groups excluding carboxylic acids is 1. The van der Waals surface area contributed by atoms with Gasteiger partial charge in [-0.1, -0.05) is 0 Å². The van der Waals surface area contributed by atoms with Gasteiger partial charge in [-0.05, 0) is 19.1 Å². The van der Waals surface area contributed by atoms with E-state index in [2.05, 4.69) is 5.10 Å². The molecule has 0 saturated carbocycles. The summed E-state index contributed by atoms with van der Waals surface area (Å²) in [4.78, 5) is 13.8. The third kappa shape index (κ3) is 1.60. The molecule has 0 spiro atoms. The Bertz CT molecular complexity index is 399. The number of furan rings is 1. The number of aryl methyl sites for hydroxylation is 1. The lowest BCUT2D eigenvalue weighted by atomic mass is 10.2. The average Bonchev–Trinajstić information content (AvgIpc) is 2.73. The SMILES string of the molecule is Cc1ccc(C(=O)C2N(C)C=NN2C)o1. The van der Waals surface area contributed by atoms with Gasteiger partial charge in [-0.25, -0.2) is 0 Å². The Morgan fingerprint density at radius 2 is 2.20 bits per heavy atom. The number of ketones is 1. The van der Waals surface area contributed by atoms with Crippen molar-refractivity contribution < 1.29 is 9.21 Å². The average molecular weight is 207 g/mol. The number of hydrogen-bond acceptors (Lipinski definition) is 5. The number of hydrogen-bond donors (Lipinski definition) is 0. The first-order chi connectivity index (χ1) is 7.09. The largest absolute Gasteiger partial charge is 0.458 e. The summed E-state index contributed by atoms with van der Waals surface area (Å²) in [6, 6.07) is 3.47. The molecule has 0 bridgehead atoms. The molecule has 2 rings (SSSR count). The highest BCUT2D eigenvalue weighted by Gasteiger charge is 2.32. The van der Waals surface area contributed by atoms with Gasteiger partial charge in [0.1, 0.15) is 12.1 Å². The van der Waals surface area contributed by atoms with Crippen molar-refractivity contribution >= 4 is 12.1 Å². The van der Waals surface area contributed by atoms with Gasteiger partial charge in [0.2, 0.25) is 5.78 Å². The maximum absolute atomic E-state index is 12.0. The van der Waals surface area contributed by atoms with Crippen LogP contribution in [0.15, 0.2) is 21.7 Å². The van der Waals surface area contributed by atoms with Crippen molar-refractivity contribution in [1.29, 1.82) is 0 Å². The smallest absolute Gasteiger partial charge is 0.242 e. The Labute approximate surface area is 88.0 Å². The molecule has 0 saturated heterocycles. The molecule has 5 heteroatoms. The van der Waals surface area contributed by atoms with E-state index in [0.717, 1.165) is 5.76 Å². The van der Waals surface area contributed by atoms with Gasteiger partial charge in [-0.2, -0.15) is 5.10 Å². The highest BCUT2D eigenvalue weighted by atomic mass is 16.3. The second-order valence-corrected chi connectivity index (χ2v) is 3.62. The zero-order chi connectivity index (χ0) is 11.0. The monoisotopic (exact) mass is 207 g/mol. The summed E-state index contributed by atoms with van der Waals surface area (Å²) in [5.74, 6) is 1.04. The quantitative estimate of drug-likeness (QED) is 0.676. The van der Waals surface area contributed by atoms with Gasteiger partial charge in [-0.3, -0.25) is 9.80 Å². The molecule has 15 heavy (non-hydrogen) atoms. The minimum atomic E-state index is -0.393. The van der Waals surface area contributed by atoms with Crippen molar-refractivity contribution in [1.82, 2.24) is 9.91 Å². The molecule has 1 unspecified atom stereocenters. The molecule has 1 aromatic heterocycles. The predicted octanol–water partition coefficient (Wildman–Crippen LogP) is 0.917. The van der Waals surface area contributed by atoms with Crippen molar-refractivity contribution in [2.45, 2.75) is 13.1 Å². The number of rotatable bonds is 2. The van der Waals surface area contributed by atoms with E-state index in [-0.39, 0.29) is 5.78 Å². The Morgan fingerprint density at radius 3 is 2.67 bits per heavy atom. The highest BCUT2D eigenvalue weighted by Crippen LogP contribution is 2.16. The van der Waals surface area contributed by atoms with E-state index >= 15 is 0 Å². The zero-order valence-electron chi connectivity index (χ0n) is 8.97. The fraction of sp³-hybridized carbons (Fsp3) is 0.400. The van der Waals surface area contributed by atoms with E-state index in [9.17, 15) is 4.79 Å². The summed E-state index contributed by atoms with van der Waals surface area (Å²) in [6.45, 7) is 1.81. The van der Waals surface area contributed by atoms with Crippen molar-refractivity contribution in [3.8, 4) is 0 Å². The summed E-state index contributed by atoms with van der Waals surface area (Å²) in [6.07, 6.45) is 1.23. The molecule has 0 fully saturated rings. The van der Waals surface area contributed by atoms with Crippen LogP contribution in [0.3, 0.4) is 0 Å². The minimum Gasteiger partial charge on any atom is -0.458 e. The highest BCUT2D eigenvalue weighted by molar-refractivity contribution is 5.99. The van der Waals surface area contributed by atoms with Crippen LogP contribution in [-0.2, 0) is 0 Å². The topological polar surface area (TPSA) is 49.1 Å². The van der Waals surface area contributed by atoms with E-state index in [0.29, 0.717) is 5.76 Å². The van der Waals surface area contributed by atoms with Gasteiger partial charge in [0.05, 0.1) is 0 Å². The number of hydrazone groups is 1.